The first kappa shape index (κ1) is 14.5. The van der Waals surface area contributed by atoms with Gasteiger partial charge in [0.1, 0.15) is 5.82 Å². The molecule has 2 rings (SSSR count). The minimum atomic E-state index is -0.199. The summed E-state index contributed by atoms with van der Waals surface area (Å²) in [5.74, 6) is -0.199. The summed E-state index contributed by atoms with van der Waals surface area (Å²) in [6.45, 7) is 0. The van der Waals surface area contributed by atoms with Crippen molar-refractivity contribution in [2.75, 3.05) is 7.05 Å². The lowest BCUT2D eigenvalue weighted by Gasteiger charge is -2.18. The second-order valence-electron chi connectivity index (χ2n) is 4.30. The summed E-state index contributed by atoms with van der Waals surface area (Å²) in [4.78, 5) is 0. The molecule has 0 aliphatic heterocycles. The smallest absolute Gasteiger partial charge is 0.127 e. The number of benzene rings is 2. The Morgan fingerprint density at radius 3 is 2.63 bits per heavy atom. The van der Waals surface area contributed by atoms with Gasteiger partial charge in [0, 0.05) is 21.1 Å². The molecule has 1 unspecified atom stereocenters. The fourth-order valence-electron chi connectivity index (χ4n) is 2.03. The van der Waals surface area contributed by atoms with Crippen LogP contribution < -0.4 is 5.32 Å². The van der Waals surface area contributed by atoms with Crippen LogP contribution in [-0.2, 0) is 6.42 Å². The topological polar surface area (TPSA) is 12.0 Å². The third-order valence-corrected chi connectivity index (χ3v) is 3.91. The highest BCUT2D eigenvalue weighted by Crippen LogP contribution is 2.27. The number of halogens is 3. The summed E-state index contributed by atoms with van der Waals surface area (Å²) in [6.07, 6.45) is 0.642. The zero-order valence-electron chi connectivity index (χ0n) is 10.5. The van der Waals surface area contributed by atoms with Crippen molar-refractivity contribution in [3.63, 3.8) is 0 Å². The summed E-state index contributed by atoms with van der Waals surface area (Å²) < 4.78 is 14.8. The van der Waals surface area contributed by atoms with Gasteiger partial charge in [0.15, 0.2) is 0 Å². The van der Waals surface area contributed by atoms with Crippen LogP contribution in [0.5, 0.6) is 0 Å². The molecule has 2 aromatic carbocycles. The van der Waals surface area contributed by atoms with E-state index in [1.807, 2.05) is 31.3 Å². The Balaban J connectivity index is 2.27. The zero-order chi connectivity index (χ0) is 13.8. The van der Waals surface area contributed by atoms with Crippen molar-refractivity contribution in [2.45, 2.75) is 12.5 Å². The van der Waals surface area contributed by atoms with Gasteiger partial charge in [0.05, 0.1) is 0 Å². The van der Waals surface area contributed by atoms with E-state index in [2.05, 4.69) is 21.2 Å². The molecule has 0 saturated carbocycles. The van der Waals surface area contributed by atoms with Gasteiger partial charge in [-0.05, 0) is 37.2 Å². The second kappa shape index (κ2) is 6.51. The summed E-state index contributed by atoms with van der Waals surface area (Å²) in [6, 6.07) is 12.5. The van der Waals surface area contributed by atoms with Gasteiger partial charge in [0.2, 0.25) is 0 Å². The van der Waals surface area contributed by atoms with Crippen LogP contribution in [0.4, 0.5) is 4.39 Å². The molecule has 100 valence electrons. The molecular weight excluding hydrogens is 329 g/mol. The second-order valence-corrected chi connectivity index (χ2v) is 5.63. The lowest BCUT2D eigenvalue weighted by Crippen LogP contribution is -2.20. The molecule has 0 saturated heterocycles. The Kier molecular flexibility index (Phi) is 4.97. The first-order valence-electron chi connectivity index (χ1n) is 5.97. The molecule has 0 aromatic heterocycles. The van der Waals surface area contributed by atoms with Gasteiger partial charge in [-0.2, -0.15) is 0 Å². The number of hydrogen-bond donors (Lipinski definition) is 1. The number of likely N-dealkylation sites (N-methyl/N-ethyl adjacent to an activating group) is 1. The van der Waals surface area contributed by atoms with Gasteiger partial charge in [0.25, 0.3) is 0 Å². The van der Waals surface area contributed by atoms with Gasteiger partial charge in [-0.3, -0.25) is 0 Å². The predicted molar refractivity (Wildman–Crippen MR) is 81.1 cm³/mol. The van der Waals surface area contributed by atoms with Crippen LogP contribution >= 0.6 is 27.5 Å². The van der Waals surface area contributed by atoms with Gasteiger partial charge >= 0.3 is 0 Å². The van der Waals surface area contributed by atoms with Crippen molar-refractivity contribution >= 4 is 27.5 Å². The molecule has 19 heavy (non-hydrogen) atoms. The quantitative estimate of drug-likeness (QED) is 0.846. The van der Waals surface area contributed by atoms with Crippen LogP contribution in [-0.4, -0.2) is 7.05 Å². The largest absolute Gasteiger partial charge is 0.313 e. The van der Waals surface area contributed by atoms with Gasteiger partial charge in [-0.1, -0.05) is 51.8 Å². The maximum Gasteiger partial charge on any atom is 0.127 e. The van der Waals surface area contributed by atoms with Gasteiger partial charge < -0.3 is 5.32 Å². The molecular formula is C15H14BrClFN. The van der Waals surface area contributed by atoms with Crippen molar-refractivity contribution < 1.29 is 4.39 Å². The standard InChI is InChI=1S/C15H14BrClFN/c1-19-15(12-4-2-3-5-14(12)18)8-10-6-7-11(16)9-13(10)17/h2-7,9,15,19H,8H2,1H3. The van der Waals surface area contributed by atoms with E-state index in [-0.39, 0.29) is 11.9 Å². The minimum Gasteiger partial charge on any atom is -0.313 e. The highest BCUT2D eigenvalue weighted by atomic mass is 79.9. The fourth-order valence-corrected chi connectivity index (χ4v) is 2.78. The highest BCUT2D eigenvalue weighted by molar-refractivity contribution is 9.10. The van der Waals surface area contributed by atoms with E-state index in [4.69, 9.17) is 11.6 Å². The van der Waals surface area contributed by atoms with Gasteiger partial charge in [-0.25, -0.2) is 4.39 Å². The van der Waals surface area contributed by atoms with Crippen LogP contribution in [0.3, 0.4) is 0 Å². The van der Waals surface area contributed by atoms with E-state index in [1.165, 1.54) is 6.07 Å². The minimum absolute atomic E-state index is 0.0973. The Morgan fingerprint density at radius 1 is 1.26 bits per heavy atom. The molecule has 0 amide bonds. The summed E-state index contributed by atoms with van der Waals surface area (Å²) in [5, 5.41) is 3.83. The lowest BCUT2D eigenvalue weighted by molar-refractivity contribution is 0.534. The molecule has 1 N–H and O–H groups in total. The molecule has 0 aliphatic carbocycles. The van der Waals surface area contributed by atoms with Crippen LogP contribution in [0.15, 0.2) is 46.9 Å². The van der Waals surface area contributed by atoms with Crippen molar-refractivity contribution in [2.24, 2.45) is 0 Å². The molecule has 4 heteroatoms. The Bertz CT molecular complexity index is 574. The van der Waals surface area contributed by atoms with Crippen LogP contribution in [0.1, 0.15) is 17.2 Å². The maximum absolute atomic E-state index is 13.8. The monoisotopic (exact) mass is 341 g/mol. The van der Waals surface area contributed by atoms with Crippen LogP contribution in [0.25, 0.3) is 0 Å². The normalized spacial score (nSPS) is 12.4. The SMILES string of the molecule is CNC(Cc1ccc(Br)cc1Cl)c1ccccc1F. The predicted octanol–water partition coefficient (Wildman–Crippen LogP) is 4.74. The van der Waals surface area contributed by atoms with Crippen LogP contribution in [0.2, 0.25) is 5.02 Å². The number of rotatable bonds is 4. The fraction of sp³-hybridized carbons (Fsp3) is 0.200. The van der Waals surface area contributed by atoms with Crippen molar-refractivity contribution in [1.29, 1.82) is 0 Å². The van der Waals surface area contributed by atoms with E-state index in [1.54, 1.807) is 12.1 Å². The van der Waals surface area contributed by atoms with Crippen molar-refractivity contribution in [1.82, 2.24) is 5.32 Å². The van der Waals surface area contributed by atoms with Crippen LogP contribution in [0, 0.1) is 5.82 Å². The lowest BCUT2D eigenvalue weighted by atomic mass is 9.98. The molecule has 1 nitrogen and oxygen atoms in total. The molecule has 0 radical (unpaired) electrons. The van der Waals surface area contributed by atoms with E-state index in [0.29, 0.717) is 17.0 Å². The van der Waals surface area contributed by atoms with E-state index in [0.717, 1.165) is 10.0 Å². The zero-order valence-corrected chi connectivity index (χ0v) is 12.8. The highest BCUT2D eigenvalue weighted by Gasteiger charge is 2.15. The third-order valence-electron chi connectivity index (χ3n) is 3.07. The Labute approximate surface area is 125 Å². The Morgan fingerprint density at radius 2 is 2.00 bits per heavy atom. The number of hydrogen-bond acceptors (Lipinski definition) is 1. The Hall–Kier alpha value is -0.900. The average molecular weight is 343 g/mol. The van der Waals surface area contributed by atoms with Crippen molar-refractivity contribution in [3.05, 3.63) is 68.9 Å². The van der Waals surface area contributed by atoms with Gasteiger partial charge in [-0.15, -0.1) is 0 Å². The maximum atomic E-state index is 13.8. The molecule has 0 fully saturated rings. The van der Waals surface area contributed by atoms with E-state index in [9.17, 15) is 4.39 Å². The average Bonchev–Trinajstić information content (AvgIpc) is 2.39. The molecule has 2 aromatic rings. The van der Waals surface area contributed by atoms with Crippen molar-refractivity contribution in [3.8, 4) is 0 Å². The molecule has 1 atom stereocenters. The number of nitrogens with one attached hydrogen (secondary N) is 1. The third kappa shape index (κ3) is 3.56. The summed E-state index contributed by atoms with van der Waals surface area (Å²) >= 11 is 9.58. The summed E-state index contributed by atoms with van der Waals surface area (Å²) in [5.41, 5.74) is 1.65. The molecule has 0 heterocycles. The first-order valence-corrected chi connectivity index (χ1v) is 7.14. The van der Waals surface area contributed by atoms with E-state index < -0.39 is 0 Å². The molecule has 0 spiro atoms. The van der Waals surface area contributed by atoms with E-state index >= 15 is 0 Å². The summed E-state index contributed by atoms with van der Waals surface area (Å²) in [7, 11) is 1.82. The molecule has 0 aliphatic rings. The first-order chi connectivity index (χ1) is 9.11. The molecule has 0 bridgehead atoms.